The molecule has 108 valence electrons. The Kier molecular flexibility index (Phi) is 5.03. The lowest BCUT2D eigenvalue weighted by molar-refractivity contribution is 0.172. The summed E-state index contributed by atoms with van der Waals surface area (Å²) in [4.78, 5) is 0. The third kappa shape index (κ3) is 3.59. The van der Waals surface area contributed by atoms with E-state index in [-0.39, 0.29) is 0 Å². The van der Waals surface area contributed by atoms with Gasteiger partial charge in [-0.25, -0.2) is 0 Å². The molecule has 3 unspecified atom stereocenters. The van der Waals surface area contributed by atoms with Crippen molar-refractivity contribution < 1.29 is 0 Å². The minimum absolute atomic E-state index is 0.470. The van der Waals surface area contributed by atoms with Gasteiger partial charge in [-0.05, 0) is 56.0 Å². The summed E-state index contributed by atoms with van der Waals surface area (Å²) in [5, 5.41) is 8.12. The molecule has 2 rings (SSSR count). The lowest BCUT2D eigenvalue weighted by atomic mass is 9.73. The van der Waals surface area contributed by atoms with Crippen LogP contribution in [0.3, 0.4) is 0 Å². The third-order valence-corrected chi connectivity index (χ3v) is 4.48. The zero-order valence-electron chi connectivity index (χ0n) is 12.9. The molecule has 0 radical (unpaired) electrons. The quantitative estimate of drug-likeness (QED) is 0.880. The van der Waals surface area contributed by atoms with Crippen LogP contribution in [0.2, 0.25) is 0 Å². The molecule has 0 saturated heterocycles. The minimum Gasteiger partial charge on any atom is -0.308 e. The van der Waals surface area contributed by atoms with E-state index < -0.39 is 0 Å². The number of nitrogens with zero attached hydrogens (tertiary/aromatic N) is 2. The molecule has 3 heteroatoms. The Hall–Kier alpha value is -0.830. The van der Waals surface area contributed by atoms with Crippen molar-refractivity contribution in [3.8, 4) is 0 Å². The number of rotatable bonds is 5. The van der Waals surface area contributed by atoms with Gasteiger partial charge in [-0.3, -0.25) is 4.68 Å². The molecule has 1 saturated carbocycles. The first-order valence-corrected chi connectivity index (χ1v) is 7.83. The Morgan fingerprint density at radius 2 is 2.00 bits per heavy atom. The molecule has 3 atom stereocenters. The minimum atomic E-state index is 0.470. The average molecular weight is 263 g/mol. The van der Waals surface area contributed by atoms with Gasteiger partial charge in [-0.1, -0.05) is 20.8 Å². The van der Waals surface area contributed by atoms with Gasteiger partial charge in [-0.15, -0.1) is 0 Å². The molecular formula is C16H29N3. The largest absolute Gasteiger partial charge is 0.308 e. The monoisotopic (exact) mass is 263 g/mol. The van der Waals surface area contributed by atoms with Crippen LogP contribution in [0, 0.1) is 17.8 Å². The summed E-state index contributed by atoms with van der Waals surface area (Å²) in [7, 11) is 2.06. The first-order chi connectivity index (χ1) is 9.11. The van der Waals surface area contributed by atoms with Crippen molar-refractivity contribution in [3.05, 3.63) is 18.0 Å². The van der Waals surface area contributed by atoms with Crippen molar-refractivity contribution in [1.82, 2.24) is 15.1 Å². The molecule has 0 aliphatic heterocycles. The molecular weight excluding hydrogens is 234 g/mol. The number of aryl methyl sites for hydroxylation is 1. The fourth-order valence-electron chi connectivity index (χ4n) is 3.78. The molecule has 0 amide bonds. The van der Waals surface area contributed by atoms with Crippen molar-refractivity contribution >= 4 is 0 Å². The van der Waals surface area contributed by atoms with Crippen LogP contribution in [-0.2, 0) is 7.05 Å². The van der Waals surface area contributed by atoms with Crippen molar-refractivity contribution in [2.24, 2.45) is 24.8 Å². The van der Waals surface area contributed by atoms with Crippen LogP contribution in [-0.4, -0.2) is 16.3 Å². The van der Waals surface area contributed by atoms with E-state index >= 15 is 0 Å². The predicted molar refractivity (Wildman–Crippen MR) is 79.9 cm³/mol. The van der Waals surface area contributed by atoms with E-state index in [0.29, 0.717) is 6.04 Å². The summed E-state index contributed by atoms with van der Waals surface area (Å²) in [6, 6.07) is 2.65. The van der Waals surface area contributed by atoms with Crippen molar-refractivity contribution in [3.63, 3.8) is 0 Å². The van der Waals surface area contributed by atoms with Crippen LogP contribution in [0.25, 0.3) is 0 Å². The van der Waals surface area contributed by atoms with Gasteiger partial charge in [0.15, 0.2) is 0 Å². The van der Waals surface area contributed by atoms with E-state index in [1.54, 1.807) is 0 Å². The fraction of sp³-hybridized carbons (Fsp3) is 0.812. The molecule has 1 aromatic heterocycles. The second-order valence-corrected chi connectivity index (χ2v) is 6.49. The Bertz CT molecular complexity index is 375. The number of hydrogen-bond donors (Lipinski definition) is 1. The molecule has 1 aromatic rings. The maximum absolute atomic E-state index is 4.36. The standard InChI is InChI=1S/C16H29N3/c1-5-7-17-16(15-6-8-18-19(15)4)14-10-12(2)9-13(3)11-14/h6,8,12-14,16-17H,5,7,9-11H2,1-4H3. The Morgan fingerprint density at radius 1 is 1.32 bits per heavy atom. The van der Waals surface area contributed by atoms with Gasteiger partial charge in [0, 0.05) is 13.2 Å². The number of hydrogen-bond acceptors (Lipinski definition) is 2. The Balaban J connectivity index is 2.15. The molecule has 1 heterocycles. The van der Waals surface area contributed by atoms with E-state index in [2.05, 4.69) is 44.3 Å². The summed E-state index contributed by atoms with van der Waals surface area (Å²) >= 11 is 0. The Labute approximate surface area is 117 Å². The summed E-state index contributed by atoms with van der Waals surface area (Å²) in [6.45, 7) is 8.14. The molecule has 0 bridgehead atoms. The predicted octanol–water partition coefficient (Wildman–Crippen LogP) is 3.53. The maximum Gasteiger partial charge on any atom is 0.0553 e. The molecule has 1 aliphatic rings. The number of aromatic nitrogens is 2. The van der Waals surface area contributed by atoms with E-state index in [1.807, 2.05) is 10.9 Å². The first-order valence-electron chi connectivity index (χ1n) is 7.83. The second-order valence-electron chi connectivity index (χ2n) is 6.49. The van der Waals surface area contributed by atoms with Gasteiger partial charge >= 0.3 is 0 Å². The highest BCUT2D eigenvalue weighted by Gasteiger charge is 2.31. The van der Waals surface area contributed by atoms with Gasteiger partial charge in [0.1, 0.15) is 0 Å². The van der Waals surface area contributed by atoms with Crippen LogP contribution in [0.5, 0.6) is 0 Å². The maximum atomic E-state index is 4.36. The van der Waals surface area contributed by atoms with Crippen LogP contribution < -0.4 is 5.32 Å². The Morgan fingerprint density at radius 3 is 2.53 bits per heavy atom. The molecule has 3 nitrogen and oxygen atoms in total. The van der Waals surface area contributed by atoms with Gasteiger partial charge < -0.3 is 5.32 Å². The van der Waals surface area contributed by atoms with Gasteiger partial charge in [0.05, 0.1) is 11.7 Å². The van der Waals surface area contributed by atoms with Crippen LogP contribution >= 0.6 is 0 Å². The molecule has 1 N–H and O–H groups in total. The molecule has 19 heavy (non-hydrogen) atoms. The van der Waals surface area contributed by atoms with E-state index in [0.717, 1.165) is 24.3 Å². The third-order valence-electron chi connectivity index (χ3n) is 4.48. The highest BCUT2D eigenvalue weighted by Crippen LogP contribution is 2.39. The van der Waals surface area contributed by atoms with Crippen molar-refractivity contribution in [2.75, 3.05) is 6.54 Å². The van der Waals surface area contributed by atoms with Crippen LogP contribution in [0.4, 0.5) is 0 Å². The van der Waals surface area contributed by atoms with Crippen LogP contribution in [0.1, 0.15) is 58.2 Å². The molecule has 0 spiro atoms. The van der Waals surface area contributed by atoms with E-state index in [9.17, 15) is 0 Å². The summed E-state index contributed by atoms with van der Waals surface area (Å²) in [5.74, 6) is 2.46. The molecule has 0 aromatic carbocycles. The van der Waals surface area contributed by atoms with Gasteiger partial charge in [0.2, 0.25) is 0 Å². The normalized spacial score (nSPS) is 29.4. The van der Waals surface area contributed by atoms with Gasteiger partial charge in [0.25, 0.3) is 0 Å². The highest BCUT2D eigenvalue weighted by atomic mass is 15.3. The zero-order valence-corrected chi connectivity index (χ0v) is 12.9. The molecule has 1 fully saturated rings. The lowest BCUT2D eigenvalue weighted by Crippen LogP contribution is -2.34. The van der Waals surface area contributed by atoms with Gasteiger partial charge in [-0.2, -0.15) is 5.10 Å². The van der Waals surface area contributed by atoms with E-state index in [4.69, 9.17) is 0 Å². The highest BCUT2D eigenvalue weighted by molar-refractivity contribution is 5.09. The SMILES string of the molecule is CCCNC(c1ccnn1C)C1CC(C)CC(C)C1. The fourth-order valence-corrected chi connectivity index (χ4v) is 3.78. The van der Waals surface area contributed by atoms with Crippen molar-refractivity contribution in [2.45, 2.75) is 52.5 Å². The molecule has 1 aliphatic carbocycles. The zero-order chi connectivity index (χ0) is 13.8. The smallest absolute Gasteiger partial charge is 0.0553 e. The van der Waals surface area contributed by atoms with Crippen LogP contribution in [0.15, 0.2) is 12.3 Å². The second kappa shape index (κ2) is 6.56. The first kappa shape index (κ1) is 14.6. The topological polar surface area (TPSA) is 29.9 Å². The summed E-state index contributed by atoms with van der Waals surface area (Å²) < 4.78 is 2.04. The number of nitrogens with one attached hydrogen (secondary N) is 1. The lowest BCUT2D eigenvalue weighted by Gasteiger charge is -2.37. The van der Waals surface area contributed by atoms with E-state index in [1.165, 1.54) is 31.4 Å². The summed E-state index contributed by atoms with van der Waals surface area (Å²) in [5.41, 5.74) is 1.35. The van der Waals surface area contributed by atoms with Crippen molar-refractivity contribution in [1.29, 1.82) is 0 Å². The average Bonchev–Trinajstić information content (AvgIpc) is 2.75. The summed E-state index contributed by atoms with van der Waals surface area (Å²) in [6.07, 6.45) is 7.19.